The molecule has 3 heteroatoms. The summed E-state index contributed by atoms with van der Waals surface area (Å²) in [5, 5.41) is 0. The monoisotopic (exact) mass is 267 g/mol. The van der Waals surface area contributed by atoms with Crippen LogP contribution in [0.1, 0.15) is 31.7 Å². The van der Waals surface area contributed by atoms with Crippen LogP contribution in [0.4, 0.5) is 0 Å². The van der Waals surface area contributed by atoms with Gasteiger partial charge < -0.3 is 9.64 Å². The highest BCUT2D eigenvalue weighted by Crippen LogP contribution is 2.28. The molecule has 2 nitrogen and oxygen atoms in total. The van der Waals surface area contributed by atoms with E-state index < -0.39 is 0 Å². The number of benzene rings is 1. The molecule has 0 unspecified atom stereocenters. The summed E-state index contributed by atoms with van der Waals surface area (Å²) >= 11 is 1.73. The van der Waals surface area contributed by atoms with Gasteiger partial charge in [-0.3, -0.25) is 0 Å². The third-order valence-corrected chi connectivity index (χ3v) is 3.82. The highest BCUT2D eigenvalue weighted by atomic mass is 32.2. The topological polar surface area (TPSA) is 12.5 Å². The third kappa shape index (κ3) is 4.91. The first-order chi connectivity index (χ1) is 8.71. The van der Waals surface area contributed by atoms with E-state index in [9.17, 15) is 0 Å². The molecule has 0 aliphatic heterocycles. The molecule has 0 aromatic heterocycles. The van der Waals surface area contributed by atoms with Crippen LogP contribution in [0, 0.1) is 0 Å². The van der Waals surface area contributed by atoms with E-state index in [1.165, 1.54) is 36.3 Å². The predicted octanol–water partition coefficient (Wildman–Crippen LogP) is 4.04. The molecule has 0 radical (unpaired) electrons. The average molecular weight is 267 g/mol. The highest BCUT2D eigenvalue weighted by Gasteiger charge is 2.05. The van der Waals surface area contributed by atoms with E-state index in [2.05, 4.69) is 43.3 Å². The van der Waals surface area contributed by atoms with Gasteiger partial charge in [0.25, 0.3) is 0 Å². The summed E-state index contributed by atoms with van der Waals surface area (Å²) in [4.78, 5) is 3.58. The fraction of sp³-hybridized carbons (Fsp3) is 0.600. The number of nitrogens with zero attached hydrogens (tertiary/aromatic N) is 1. The van der Waals surface area contributed by atoms with Crippen molar-refractivity contribution in [3.8, 4) is 5.75 Å². The molecule has 0 amide bonds. The Kier molecular flexibility index (Phi) is 7.21. The van der Waals surface area contributed by atoms with Crippen molar-refractivity contribution in [1.82, 2.24) is 4.90 Å². The van der Waals surface area contributed by atoms with Gasteiger partial charge in [-0.2, -0.15) is 0 Å². The Hall–Kier alpha value is -0.670. The Morgan fingerprint density at radius 2 is 2.06 bits per heavy atom. The summed E-state index contributed by atoms with van der Waals surface area (Å²) < 4.78 is 5.42. The van der Waals surface area contributed by atoms with Gasteiger partial charge in [0.2, 0.25) is 0 Å². The number of thioether (sulfide) groups is 1. The van der Waals surface area contributed by atoms with Gasteiger partial charge in [-0.05, 0) is 44.0 Å². The lowest BCUT2D eigenvalue weighted by molar-refractivity contribution is 0.317. The molecule has 0 heterocycles. The van der Waals surface area contributed by atoms with Gasteiger partial charge in [0.15, 0.2) is 0 Å². The fourth-order valence-corrected chi connectivity index (χ4v) is 2.55. The standard InChI is InChI=1S/C15H25NOS/c1-5-6-7-10-16(2)12-13-8-9-15(18-4)14(11-13)17-3/h8-9,11H,5-7,10,12H2,1-4H3. The van der Waals surface area contributed by atoms with Gasteiger partial charge in [0.05, 0.1) is 7.11 Å². The van der Waals surface area contributed by atoms with Crippen LogP contribution in [0.3, 0.4) is 0 Å². The quantitative estimate of drug-likeness (QED) is 0.521. The molecule has 102 valence electrons. The van der Waals surface area contributed by atoms with Crippen molar-refractivity contribution in [2.75, 3.05) is 27.0 Å². The van der Waals surface area contributed by atoms with Crippen LogP contribution in [0.5, 0.6) is 5.75 Å². The van der Waals surface area contributed by atoms with Gasteiger partial charge >= 0.3 is 0 Å². The van der Waals surface area contributed by atoms with Gasteiger partial charge in [-0.25, -0.2) is 0 Å². The summed E-state index contributed by atoms with van der Waals surface area (Å²) in [5.41, 5.74) is 1.32. The molecule has 0 aliphatic rings. The van der Waals surface area contributed by atoms with Crippen LogP contribution < -0.4 is 4.74 Å². The maximum absolute atomic E-state index is 5.42. The smallest absolute Gasteiger partial charge is 0.132 e. The Labute approximate surface area is 116 Å². The Morgan fingerprint density at radius 1 is 1.28 bits per heavy atom. The molecule has 0 aliphatic carbocycles. The van der Waals surface area contributed by atoms with E-state index in [1.807, 2.05) is 0 Å². The maximum Gasteiger partial charge on any atom is 0.132 e. The Balaban J connectivity index is 2.56. The van der Waals surface area contributed by atoms with E-state index in [1.54, 1.807) is 18.9 Å². The van der Waals surface area contributed by atoms with Crippen molar-refractivity contribution >= 4 is 11.8 Å². The summed E-state index contributed by atoms with van der Waals surface area (Å²) in [7, 11) is 3.93. The zero-order chi connectivity index (χ0) is 13.4. The zero-order valence-electron chi connectivity index (χ0n) is 12.0. The van der Waals surface area contributed by atoms with E-state index in [4.69, 9.17) is 4.74 Å². The minimum atomic E-state index is 0.988. The largest absolute Gasteiger partial charge is 0.496 e. The van der Waals surface area contributed by atoms with Crippen molar-refractivity contribution in [2.24, 2.45) is 0 Å². The molecule has 18 heavy (non-hydrogen) atoms. The summed E-state index contributed by atoms with van der Waals surface area (Å²) in [6.07, 6.45) is 5.96. The van der Waals surface area contributed by atoms with E-state index in [0.717, 1.165) is 12.3 Å². The Bertz CT molecular complexity index is 354. The first-order valence-electron chi connectivity index (χ1n) is 6.60. The number of methoxy groups -OCH3 is 1. The van der Waals surface area contributed by atoms with E-state index >= 15 is 0 Å². The minimum Gasteiger partial charge on any atom is -0.496 e. The third-order valence-electron chi connectivity index (χ3n) is 3.04. The molecule has 1 aromatic rings. The predicted molar refractivity (Wildman–Crippen MR) is 80.6 cm³/mol. The molecule has 1 rings (SSSR count). The van der Waals surface area contributed by atoms with Crippen LogP contribution in [0.25, 0.3) is 0 Å². The molecule has 0 saturated heterocycles. The lowest BCUT2D eigenvalue weighted by Gasteiger charge is -2.17. The molecule has 0 atom stereocenters. The first-order valence-corrected chi connectivity index (χ1v) is 7.83. The molecular weight excluding hydrogens is 242 g/mol. The number of hydrogen-bond donors (Lipinski definition) is 0. The van der Waals surface area contributed by atoms with Gasteiger partial charge in [0, 0.05) is 11.4 Å². The highest BCUT2D eigenvalue weighted by molar-refractivity contribution is 7.98. The van der Waals surface area contributed by atoms with Crippen LogP contribution >= 0.6 is 11.8 Å². The number of ether oxygens (including phenoxy) is 1. The van der Waals surface area contributed by atoms with Crippen molar-refractivity contribution in [1.29, 1.82) is 0 Å². The van der Waals surface area contributed by atoms with Crippen molar-refractivity contribution in [3.63, 3.8) is 0 Å². The fourth-order valence-electron chi connectivity index (χ4n) is 2.00. The maximum atomic E-state index is 5.42. The SMILES string of the molecule is CCCCCN(C)Cc1ccc(SC)c(OC)c1. The van der Waals surface area contributed by atoms with Crippen LogP contribution in [0.15, 0.2) is 23.1 Å². The van der Waals surface area contributed by atoms with Gasteiger partial charge in [-0.15, -0.1) is 11.8 Å². The first kappa shape index (κ1) is 15.4. The normalized spacial score (nSPS) is 10.9. The van der Waals surface area contributed by atoms with Crippen molar-refractivity contribution in [3.05, 3.63) is 23.8 Å². The van der Waals surface area contributed by atoms with Crippen LogP contribution in [0.2, 0.25) is 0 Å². The summed E-state index contributed by atoms with van der Waals surface area (Å²) in [6, 6.07) is 6.51. The Morgan fingerprint density at radius 3 is 2.67 bits per heavy atom. The number of hydrogen-bond acceptors (Lipinski definition) is 3. The van der Waals surface area contributed by atoms with E-state index in [-0.39, 0.29) is 0 Å². The van der Waals surface area contributed by atoms with Crippen LogP contribution in [-0.2, 0) is 6.54 Å². The summed E-state index contributed by atoms with van der Waals surface area (Å²) in [6.45, 7) is 4.40. The molecule has 0 bridgehead atoms. The number of unbranched alkanes of at least 4 members (excludes halogenated alkanes) is 2. The lowest BCUT2D eigenvalue weighted by Crippen LogP contribution is -2.19. The second kappa shape index (κ2) is 8.44. The lowest BCUT2D eigenvalue weighted by atomic mass is 10.2. The summed E-state index contributed by atoms with van der Waals surface area (Å²) in [5.74, 6) is 0.988. The number of rotatable bonds is 8. The van der Waals surface area contributed by atoms with E-state index in [0.29, 0.717) is 0 Å². The zero-order valence-corrected chi connectivity index (χ0v) is 12.8. The molecule has 0 fully saturated rings. The second-order valence-corrected chi connectivity index (χ2v) is 5.48. The molecule has 1 aromatic carbocycles. The molecule has 0 saturated carbocycles. The van der Waals surface area contributed by atoms with Crippen molar-refractivity contribution < 1.29 is 4.74 Å². The molecular formula is C15H25NOS. The van der Waals surface area contributed by atoms with Gasteiger partial charge in [-0.1, -0.05) is 25.8 Å². The van der Waals surface area contributed by atoms with Crippen LogP contribution in [-0.4, -0.2) is 31.9 Å². The van der Waals surface area contributed by atoms with Gasteiger partial charge in [0.1, 0.15) is 5.75 Å². The molecule has 0 spiro atoms. The average Bonchev–Trinajstić information content (AvgIpc) is 2.39. The minimum absolute atomic E-state index is 0.988. The second-order valence-electron chi connectivity index (χ2n) is 4.63. The van der Waals surface area contributed by atoms with Crippen molar-refractivity contribution in [2.45, 2.75) is 37.6 Å². The molecule has 0 N–H and O–H groups in total.